The van der Waals surface area contributed by atoms with Gasteiger partial charge in [0.1, 0.15) is 5.78 Å². The molecule has 1 heterocycles. The summed E-state index contributed by atoms with van der Waals surface area (Å²) in [5.74, 6) is 0.464. The first-order valence-corrected chi connectivity index (χ1v) is 5.20. The molecule has 0 aromatic carbocycles. The van der Waals surface area contributed by atoms with Crippen LogP contribution in [0.3, 0.4) is 0 Å². The normalized spacial score (nSPS) is 23.2. The standard InChI is InChI=1S/C6H10O.C4H9NO/c7-6-4-2-1-3-5-6;1-3-6-4-2-5-1/h1-5H2;5H,1-4H2. The van der Waals surface area contributed by atoms with Gasteiger partial charge in [-0.05, 0) is 12.8 Å². The maximum atomic E-state index is 10.5. The predicted molar refractivity (Wildman–Crippen MR) is 51.8 cm³/mol. The van der Waals surface area contributed by atoms with E-state index in [9.17, 15) is 4.79 Å². The molecule has 0 bridgehead atoms. The highest BCUT2D eigenvalue weighted by molar-refractivity contribution is 5.78. The zero-order chi connectivity index (χ0) is 9.36. The molecular weight excluding hydrogens is 166 g/mol. The second kappa shape index (κ2) is 7.04. The summed E-state index contributed by atoms with van der Waals surface area (Å²) in [7, 11) is 0. The molecule has 0 amide bonds. The number of ketones is 1. The van der Waals surface area contributed by atoms with E-state index in [-0.39, 0.29) is 0 Å². The van der Waals surface area contributed by atoms with Gasteiger partial charge < -0.3 is 10.1 Å². The van der Waals surface area contributed by atoms with Gasteiger partial charge in [0.2, 0.25) is 0 Å². The van der Waals surface area contributed by atoms with Gasteiger partial charge in [-0.3, -0.25) is 4.79 Å². The molecule has 76 valence electrons. The molecule has 0 radical (unpaired) electrons. The number of carbonyl (C=O) groups excluding carboxylic acids is 1. The number of carbonyl (C=O) groups is 1. The smallest absolute Gasteiger partial charge is 0.132 e. The molecule has 1 saturated carbocycles. The number of morpholine rings is 1. The fourth-order valence-electron chi connectivity index (χ4n) is 1.46. The lowest BCUT2D eigenvalue weighted by atomic mass is 10.00. The Balaban J connectivity index is 0.000000132. The minimum Gasteiger partial charge on any atom is -0.379 e. The van der Waals surface area contributed by atoms with Crippen LogP contribution in [0.4, 0.5) is 0 Å². The van der Waals surface area contributed by atoms with Gasteiger partial charge in [-0.15, -0.1) is 0 Å². The van der Waals surface area contributed by atoms with Crippen molar-refractivity contribution in [1.29, 1.82) is 0 Å². The Morgan fingerprint density at radius 2 is 1.62 bits per heavy atom. The zero-order valence-electron chi connectivity index (χ0n) is 8.18. The molecule has 2 fully saturated rings. The van der Waals surface area contributed by atoms with Crippen LogP contribution >= 0.6 is 0 Å². The van der Waals surface area contributed by atoms with E-state index < -0.39 is 0 Å². The second-order valence-corrected chi connectivity index (χ2v) is 3.46. The molecule has 13 heavy (non-hydrogen) atoms. The third kappa shape index (κ3) is 5.77. The van der Waals surface area contributed by atoms with Crippen LogP contribution in [-0.2, 0) is 9.53 Å². The number of ether oxygens (including phenoxy) is 1. The number of hydrogen-bond donors (Lipinski definition) is 1. The van der Waals surface area contributed by atoms with E-state index in [0.29, 0.717) is 5.78 Å². The third-order valence-corrected chi connectivity index (χ3v) is 2.26. The van der Waals surface area contributed by atoms with Gasteiger partial charge in [-0.25, -0.2) is 0 Å². The Bertz CT molecular complexity index is 124. The average Bonchev–Trinajstić information content (AvgIpc) is 2.22. The Hall–Kier alpha value is -0.410. The maximum Gasteiger partial charge on any atom is 0.132 e. The Morgan fingerprint density at radius 1 is 1.00 bits per heavy atom. The predicted octanol–water partition coefficient (Wildman–Crippen LogP) is 1.13. The molecule has 0 aromatic rings. The molecule has 1 aliphatic heterocycles. The molecule has 1 saturated heterocycles. The largest absolute Gasteiger partial charge is 0.379 e. The number of Topliss-reactive ketones (excluding diaryl/α,β-unsaturated/α-hetero) is 1. The summed E-state index contributed by atoms with van der Waals surface area (Å²) in [6.45, 7) is 3.83. The van der Waals surface area contributed by atoms with Gasteiger partial charge in [-0.2, -0.15) is 0 Å². The van der Waals surface area contributed by atoms with E-state index in [1.807, 2.05) is 0 Å². The highest BCUT2D eigenvalue weighted by atomic mass is 16.5. The summed E-state index contributed by atoms with van der Waals surface area (Å²) in [5, 5.41) is 3.16. The lowest BCUT2D eigenvalue weighted by Gasteiger charge is -2.10. The van der Waals surface area contributed by atoms with Gasteiger partial charge in [0, 0.05) is 25.9 Å². The highest BCUT2D eigenvalue weighted by Gasteiger charge is 2.05. The molecular formula is C10H19NO2. The fraction of sp³-hybridized carbons (Fsp3) is 0.900. The molecule has 2 aliphatic rings. The van der Waals surface area contributed by atoms with Crippen molar-refractivity contribution < 1.29 is 9.53 Å². The first-order chi connectivity index (χ1) is 6.39. The minimum atomic E-state index is 0.464. The molecule has 3 heteroatoms. The summed E-state index contributed by atoms with van der Waals surface area (Å²) in [6, 6.07) is 0. The Kier molecular flexibility index (Phi) is 5.78. The molecule has 3 nitrogen and oxygen atoms in total. The van der Waals surface area contributed by atoms with Crippen molar-refractivity contribution in [3.63, 3.8) is 0 Å². The lowest BCUT2D eigenvalue weighted by Crippen LogP contribution is -2.30. The monoisotopic (exact) mass is 185 g/mol. The van der Waals surface area contributed by atoms with Crippen molar-refractivity contribution in [3.05, 3.63) is 0 Å². The van der Waals surface area contributed by atoms with Crippen LogP contribution in [0, 0.1) is 0 Å². The SMILES string of the molecule is C1COCCN1.O=C1CCCCC1. The van der Waals surface area contributed by atoms with Gasteiger partial charge in [0.05, 0.1) is 13.2 Å². The van der Waals surface area contributed by atoms with Crippen LogP contribution in [0.15, 0.2) is 0 Å². The van der Waals surface area contributed by atoms with Gasteiger partial charge in [0.15, 0.2) is 0 Å². The summed E-state index contributed by atoms with van der Waals surface area (Å²) in [6.07, 6.45) is 5.24. The lowest BCUT2D eigenvalue weighted by molar-refractivity contribution is -0.120. The summed E-state index contributed by atoms with van der Waals surface area (Å²) < 4.78 is 5.01. The van der Waals surface area contributed by atoms with Crippen molar-refractivity contribution in [2.24, 2.45) is 0 Å². The Morgan fingerprint density at radius 3 is 1.85 bits per heavy atom. The van der Waals surface area contributed by atoms with E-state index in [0.717, 1.165) is 52.0 Å². The van der Waals surface area contributed by atoms with Crippen LogP contribution < -0.4 is 5.32 Å². The van der Waals surface area contributed by atoms with Crippen LogP contribution in [0.25, 0.3) is 0 Å². The van der Waals surface area contributed by atoms with E-state index in [4.69, 9.17) is 4.74 Å². The van der Waals surface area contributed by atoms with Gasteiger partial charge >= 0.3 is 0 Å². The van der Waals surface area contributed by atoms with E-state index in [1.54, 1.807) is 0 Å². The van der Waals surface area contributed by atoms with Crippen molar-refractivity contribution >= 4 is 5.78 Å². The van der Waals surface area contributed by atoms with Gasteiger partial charge in [0.25, 0.3) is 0 Å². The van der Waals surface area contributed by atoms with E-state index in [2.05, 4.69) is 5.32 Å². The molecule has 0 spiro atoms. The number of rotatable bonds is 0. The first kappa shape index (κ1) is 10.7. The van der Waals surface area contributed by atoms with Crippen molar-refractivity contribution in [3.8, 4) is 0 Å². The van der Waals surface area contributed by atoms with Crippen LogP contribution in [0.2, 0.25) is 0 Å². The molecule has 0 unspecified atom stereocenters. The van der Waals surface area contributed by atoms with Crippen LogP contribution in [0.1, 0.15) is 32.1 Å². The molecule has 0 aromatic heterocycles. The Labute approximate surface area is 79.8 Å². The quantitative estimate of drug-likeness (QED) is 0.614. The van der Waals surface area contributed by atoms with E-state index in [1.165, 1.54) is 6.42 Å². The average molecular weight is 185 g/mol. The second-order valence-electron chi connectivity index (χ2n) is 3.46. The highest BCUT2D eigenvalue weighted by Crippen LogP contribution is 2.12. The number of hydrogen-bond acceptors (Lipinski definition) is 3. The summed E-state index contributed by atoms with van der Waals surface area (Å²) >= 11 is 0. The van der Waals surface area contributed by atoms with Crippen molar-refractivity contribution in [1.82, 2.24) is 5.32 Å². The van der Waals surface area contributed by atoms with Crippen LogP contribution in [0.5, 0.6) is 0 Å². The fourth-order valence-corrected chi connectivity index (χ4v) is 1.46. The summed E-state index contributed by atoms with van der Waals surface area (Å²) in [4.78, 5) is 10.5. The maximum absolute atomic E-state index is 10.5. The molecule has 2 rings (SSSR count). The zero-order valence-corrected chi connectivity index (χ0v) is 8.18. The van der Waals surface area contributed by atoms with Crippen molar-refractivity contribution in [2.75, 3.05) is 26.3 Å². The van der Waals surface area contributed by atoms with Crippen LogP contribution in [-0.4, -0.2) is 32.1 Å². The van der Waals surface area contributed by atoms with Gasteiger partial charge in [-0.1, -0.05) is 6.42 Å². The molecule has 1 N–H and O–H groups in total. The van der Waals surface area contributed by atoms with Crippen molar-refractivity contribution in [2.45, 2.75) is 32.1 Å². The summed E-state index contributed by atoms with van der Waals surface area (Å²) in [5.41, 5.74) is 0. The van der Waals surface area contributed by atoms with E-state index >= 15 is 0 Å². The number of nitrogens with one attached hydrogen (secondary N) is 1. The molecule has 0 atom stereocenters. The minimum absolute atomic E-state index is 0.464. The molecule has 1 aliphatic carbocycles. The third-order valence-electron chi connectivity index (χ3n) is 2.26. The topological polar surface area (TPSA) is 38.3 Å². The first-order valence-electron chi connectivity index (χ1n) is 5.20.